The number of aliphatic imine (C=N–C) groups is 1. The van der Waals surface area contributed by atoms with Gasteiger partial charge in [0.15, 0.2) is 5.60 Å². The molecule has 0 saturated carbocycles. The van der Waals surface area contributed by atoms with E-state index in [-0.39, 0.29) is 11.1 Å². The molecule has 1 aliphatic heterocycles. The van der Waals surface area contributed by atoms with E-state index in [0.717, 1.165) is 0 Å². The Hall–Kier alpha value is -0.990. The molecule has 0 aromatic carbocycles. The number of nitrogens with zero attached hydrogens (tertiary/aromatic N) is 1. The third kappa shape index (κ3) is 0.500. The number of ether oxygens (including phenoxy) is 1. The molecule has 0 aromatic heterocycles. The van der Waals surface area contributed by atoms with Crippen LogP contribution in [0.25, 0.3) is 0 Å². The lowest BCUT2D eigenvalue weighted by molar-refractivity contribution is 0.0552. The average molecular weight is 166 g/mol. The van der Waals surface area contributed by atoms with Crippen molar-refractivity contribution in [1.29, 1.82) is 0 Å². The molecule has 3 nitrogen and oxygen atoms in total. The maximum atomic E-state index is 5.55. The number of hydrogen-bond donors (Lipinski definition) is 1. The van der Waals surface area contributed by atoms with Crippen LogP contribution in [-0.2, 0) is 4.74 Å². The summed E-state index contributed by atoms with van der Waals surface area (Å²) in [4.78, 5) is 4.31. The lowest BCUT2D eigenvalue weighted by atomic mass is 9.62. The Morgan fingerprint density at radius 1 is 1.25 bits per heavy atom. The van der Waals surface area contributed by atoms with Crippen molar-refractivity contribution in [1.82, 2.24) is 0 Å². The third-order valence-corrected chi connectivity index (χ3v) is 3.58. The molecule has 0 unspecified atom stereocenters. The summed E-state index contributed by atoms with van der Waals surface area (Å²) in [5, 5.41) is 0. The van der Waals surface area contributed by atoms with E-state index in [4.69, 9.17) is 10.5 Å². The van der Waals surface area contributed by atoms with Gasteiger partial charge >= 0.3 is 0 Å². The molecular weight excluding hydrogens is 152 g/mol. The van der Waals surface area contributed by atoms with Gasteiger partial charge in [-0.1, -0.05) is 0 Å². The first kappa shape index (κ1) is 7.65. The molecule has 2 atom stereocenters. The number of nitrogens with two attached hydrogens (primary N) is 1. The summed E-state index contributed by atoms with van der Waals surface area (Å²) in [5.74, 6) is 0. The molecule has 1 aliphatic carbocycles. The normalized spacial score (nSPS) is 44.8. The Bertz CT molecular complexity index is 318. The van der Waals surface area contributed by atoms with Crippen molar-refractivity contribution in [2.75, 3.05) is 0 Å². The average Bonchev–Trinajstić information content (AvgIpc) is 2.20. The molecule has 0 fully saturated rings. The monoisotopic (exact) mass is 166 g/mol. The topological polar surface area (TPSA) is 47.6 Å². The van der Waals surface area contributed by atoms with Crippen molar-refractivity contribution in [3.8, 4) is 0 Å². The molecule has 2 rings (SSSR count). The predicted molar refractivity (Wildman–Crippen MR) is 47.9 cm³/mol. The highest BCUT2D eigenvalue weighted by molar-refractivity contribution is 5.79. The summed E-state index contributed by atoms with van der Waals surface area (Å²) in [6, 6.07) is 0.316. The number of hydrogen-bond acceptors (Lipinski definition) is 3. The fraction of sp³-hybridized carbons (Fsp3) is 0.667. The van der Waals surface area contributed by atoms with Crippen LogP contribution in [0, 0.1) is 0 Å². The second-order valence-electron chi connectivity index (χ2n) is 3.91. The standard InChI is InChI=1S/C9H14N2O/c1-5-6(2)9(4)8(5,3)11-7(10)12-9/h1-4H3,(H2,10,11)/t8-,9-/m0/s1. The van der Waals surface area contributed by atoms with Crippen molar-refractivity contribution in [3.05, 3.63) is 11.1 Å². The van der Waals surface area contributed by atoms with E-state index in [1.54, 1.807) is 0 Å². The van der Waals surface area contributed by atoms with Gasteiger partial charge in [0.05, 0.1) is 0 Å². The van der Waals surface area contributed by atoms with Gasteiger partial charge in [-0.25, -0.2) is 4.99 Å². The van der Waals surface area contributed by atoms with Crippen molar-refractivity contribution in [2.45, 2.75) is 38.8 Å². The van der Waals surface area contributed by atoms with E-state index < -0.39 is 0 Å². The van der Waals surface area contributed by atoms with Crippen LogP contribution in [0.4, 0.5) is 0 Å². The summed E-state index contributed by atoms with van der Waals surface area (Å²) < 4.78 is 5.50. The number of amidine groups is 1. The summed E-state index contributed by atoms with van der Waals surface area (Å²) >= 11 is 0. The van der Waals surface area contributed by atoms with Gasteiger partial charge < -0.3 is 10.5 Å². The van der Waals surface area contributed by atoms with E-state index in [1.165, 1.54) is 11.1 Å². The third-order valence-electron chi connectivity index (χ3n) is 3.58. The van der Waals surface area contributed by atoms with Gasteiger partial charge in [0.25, 0.3) is 6.02 Å². The Balaban J connectivity index is 2.53. The summed E-state index contributed by atoms with van der Waals surface area (Å²) in [7, 11) is 0. The van der Waals surface area contributed by atoms with Gasteiger partial charge in [0, 0.05) is 0 Å². The predicted octanol–water partition coefficient (Wildman–Crippen LogP) is 1.20. The van der Waals surface area contributed by atoms with E-state index in [0.29, 0.717) is 6.02 Å². The highest BCUT2D eigenvalue weighted by Gasteiger charge is 2.62. The minimum atomic E-state index is -0.277. The summed E-state index contributed by atoms with van der Waals surface area (Å²) in [6.07, 6.45) is 0. The molecule has 0 aromatic rings. The van der Waals surface area contributed by atoms with Crippen molar-refractivity contribution < 1.29 is 4.74 Å². The van der Waals surface area contributed by atoms with Crippen LogP contribution in [0.5, 0.6) is 0 Å². The number of rotatable bonds is 0. The highest BCUT2D eigenvalue weighted by Crippen LogP contribution is 2.54. The molecule has 0 bridgehead atoms. The molecule has 0 radical (unpaired) electrons. The summed E-state index contributed by atoms with van der Waals surface area (Å²) in [6.45, 7) is 8.27. The maximum absolute atomic E-state index is 5.55. The molecule has 0 amide bonds. The van der Waals surface area contributed by atoms with Crippen LogP contribution in [0.2, 0.25) is 0 Å². The summed E-state index contributed by atoms with van der Waals surface area (Å²) in [5.41, 5.74) is 7.61. The van der Waals surface area contributed by atoms with Crippen LogP contribution >= 0.6 is 0 Å². The van der Waals surface area contributed by atoms with Crippen molar-refractivity contribution in [2.24, 2.45) is 10.7 Å². The minimum absolute atomic E-state index is 0.207. The van der Waals surface area contributed by atoms with Gasteiger partial charge in [-0.05, 0) is 38.8 Å². The van der Waals surface area contributed by atoms with E-state index >= 15 is 0 Å². The molecule has 0 spiro atoms. The lowest BCUT2D eigenvalue weighted by Gasteiger charge is -2.49. The van der Waals surface area contributed by atoms with Gasteiger partial charge in [0.1, 0.15) is 5.54 Å². The minimum Gasteiger partial charge on any atom is -0.452 e. The fourth-order valence-corrected chi connectivity index (χ4v) is 2.20. The molecule has 0 saturated heterocycles. The van der Waals surface area contributed by atoms with Crippen molar-refractivity contribution >= 4 is 6.02 Å². The Morgan fingerprint density at radius 2 is 1.83 bits per heavy atom. The smallest absolute Gasteiger partial charge is 0.283 e. The molecule has 2 N–H and O–H groups in total. The zero-order valence-corrected chi connectivity index (χ0v) is 7.93. The van der Waals surface area contributed by atoms with Crippen LogP contribution < -0.4 is 5.73 Å². The molecule has 66 valence electrons. The van der Waals surface area contributed by atoms with Gasteiger partial charge in [-0.15, -0.1) is 0 Å². The maximum Gasteiger partial charge on any atom is 0.283 e. The second-order valence-corrected chi connectivity index (χ2v) is 3.91. The van der Waals surface area contributed by atoms with Gasteiger partial charge in [-0.3, -0.25) is 0 Å². The van der Waals surface area contributed by atoms with Crippen LogP contribution in [-0.4, -0.2) is 17.2 Å². The second kappa shape index (κ2) is 1.68. The van der Waals surface area contributed by atoms with E-state index in [2.05, 4.69) is 25.8 Å². The van der Waals surface area contributed by atoms with Crippen LogP contribution in [0.1, 0.15) is 27.7 Å². The van der Waals surface area contributed by atoms with E-state index in [9.17, 15) is 0 Å². The van der Waals surface area contributed by atoms with Crippen molar-refractivity contribution in [3.63, 3.8) is 0 Å². The van der Waals surface area contributed by atoms with Gasteiger partial charge in [0.2, 0.25) is 0 Å². The van der Waals surface area contributed by atoms with Crippen LogP contribution in [0.3, 0.4) is 0 Å². The Kier molecular flexibility index (Phi) is 1.07. The first-order chi connectivity index (χ1) is 5.42. The molecule has 1 heterocycles. The van der Waals surface area contributed by atoms with Gasteiger partial charge in [-0.2, -0.15) is 0 Å². The lowest BCUT2D eigenvalue weighted by Crippen LogP contribution is -2.57. The fourth-order valence-electron chi connectivity index (χ4n) is 2.20. The Labute approximate surface area is 72.3 Å². The quantitative estimate of drug-likeness (QED) is 0.550. The zero-order chi connectivity index (χ0) is 9.15. The molecule has 2 aliphatic rings. The van der Waals surface area contributed by atoms with Crippen LogP contribution in [0.15, 0.2) is 16.1 Å². The highest BCUT2D eigenvalue weighted by atomic mass is 16.5. The molecular formula is C9H14N2O. The first-order valence-electron chi connectivity index (χ1n) is 4.14. The van der Waals surface area contributed by atoms with E-state index in [1.807, 2.05) is 6.92 Å². The Morgan fingerprint density at radius 3 is 2.33 bits per heavy atom. The zero-order valence-electron chi connectivity index (χ0n) is 7.93. The molecule has 3 heteroatoms. The SMILES string of the molecule is CC1=C(C)[C@]2(C)OC(N)=N[C@@]12C. The largest absolute Gasteiger partial charge is 0.452 e. The number of fused-ring (bicyclic) bond motifs is 1. The molecule has 12 heavy (non-hydrogen) atoms. The first-order valence-corrected chi connectivity index (χ1v) is 4.14.